The lowest BCUT2D eigenvalue weighted by molar-refractivity contribution is 0.0603. The smallest absolute Gasteiger partial charge is 0.410 e. The van der Waals surface area contributed by atoms with E-state index in [9.17, 15) is 9.18 Å². The highest BCUT2D eigenvalue weighted by Crippen LogP contribution is 2.19. The van der Waals surface area contributed by atoms with Gasteiger partial charge in [-0.3, -0.25) is 4.90 Å². The molecule has 1 unspecified atom stereocenters. The number of piperidine rings is 1. The molecule has 0 saturated carbocycles. The van der Waals surface area contributed by atoms with Crippen LogP contribution in [0.2, 0.25) is 0 Å². The number of ether oxygens (including phenoxy) is 1. The topological polar surface area (TPSA) is 32.8 Å². The molecule has 22 heavy (non-hydrogen) atoms. The monoisotopic (exact) mass is 306 g/mol. The van der Waals surface area contributed by atoms with Gasteiger partial charge >= 0.3 is 6.09 Å². The van der Waals surface area contributed by atoms with Gasteiger partial charge < -0.3 is 9.64 Å². The van der Waals surface area contributed by atoms with Gasteiger partial charge in [0.15, 0.2) is 0 Å². The molecule has 2 aliphatic rings. The summed E-state index contributed by atoms with van der Waals surface area (Å²) < 4.78 is 19.3. The number of carbonyl (C=O) groups is 1. The van der Waals surface area contributed by atoms with Gasteiger partial charge in [-0.15, -0.1) is 0 Å². The van der Waals surface area contributed by atoms with Gasteiger partial charge in [-0.25, -0.2) is 9.18 Å². The van der Waals surface area contributed by atoms with Gasteiger partial charge in [-0.1, -0.05) is 18.2 Å². The minimum absolute atomic E-state index is 0.0683. The van der Waals surface area contributed by atoms with Crippen molar-refractivity contribution < 1.29 is 13.9 Å². The quantitative estimate of drug-likeness (QED) is 0.860. The van der Waals surface area contributed by atoms with Crippen molar-refractivity contribution in [2.75, 3.05) is 26.2 Å². The maximum atomic E-state index is 13.7. The summed E-state index contributed by atoms with van der Waals surface area (Å²) in [5.41, 5.74) is 0.700. The molecule has 1 aromatic rings. The zero-order chi connectivity index (χ0) is 15.4. The normalized spacial score (nSPS) is 22.8. The Morgan fingerprint density at radius 1 is 1.18 bits per heavy atom. The Hall–Kier alpha value is -1.62. The van der Waals surface area contributed by atoms with E-state index in [0.717, 1.165) is 38.9 Å². The number of carbonyl (C=O) groups excluding carboxylic acids is 1. The molecule has 2 saturated heterocycles. The lowest BCUT2D eigenvalue weighted by atomic mass is 10.1. The van der Waals surface area contributed by atoms with Gasteiger partial charge in [0.1, 0.15) is 11.9 Å². The molecular weight excluding hydrogens is 283 g/mol. The van der Waals surface area contributed by atoms with Gasteiger partial charge in [-0.2, -0.15) is 0 Å². The average Bonchev–Trinajstić information content (AvgIpc) is 2.97. The number of rotatable bonds is 3. The molecule has 4 nitrogen and oxygen atoms in total. The van der Waals surface area contributed by atoms with E-state index in [-0.39, 0.29) is 18.0 Å². The average molecular weight is 306 g/mol. The second-order valence-electron chi connectivity index (χ2n) is 6.17. The zero-order valence-corrected chi connectivity index (χ0v) is 12.8. The molecule has 0 bridgehead atoms. The van der Waals surface area contributed by atoms with Crippen molar-refractivity contribution in [2.24, 2.45) is 0 Å². The fraction of sp³-hybridized carbons (Fsp3) is 0.588. The van der Waals surface area contributed by atoms with E-state index < -0.39 is 0 Å². The van der Waals surface area contributed by atoms with Gasteiger partial charge in [0, 0.05) is 38.3 Å². The lowest BCUT2D eigenvalue weighted by Crippen LogP contribution is -2.38. The molecule has 2 aliphatic heterocycles. The maximum Gasteiger partial charge on any atom is 0.410 e. The molecule has 1 aromatic carbocycles. The Kier molecular flexibility index (Phi) is 4.93. The van der Waals surface area contributed by atoms with Gasteiger partial charge in [0.2, 0.25) is 0 Å². The summed E-state index contributed by atoms with van der Waals surface area (Å²) in [6.45, 7) is 3.72. The van der Waals surface area contributed by atoms with E-state index in [1.165, 1.54) is 12.5 Å². The first-order chi connectivity index (χ1) is 10.7. The molecule has 0 N–H and O–H groups in total. The third kappa shape index (κ3) is 3.77. The van der Waals surface area contributed by atoms with E-state index in [0.29, 0.717) is 18.7 Å². The summed E-state index contributed by atoms with van der Waals surface area (Å²) in [7, 11) is 0. The van der Waals surface area contributed by atoms with Crippen molar-refractivity contribution in [1.82, 2.24) is 9.80 Å². The van der Waals surface area contributed by atoms with E-state index in [4.69, 9.17) is 4.74 Å². The minimum atomic E-state index is -0.183. The highest BCUT2D eigenvalue weighted by atomic mass is 19.1. The highest BCUT2D eigenvalue weighted by molar-refractivity contribution is 5.67. The Balaban J connectivity index is 1.48. The Morgan fingerprint density at radius 2 is 1.95 bits per heavy atom. The number of nitrogens with zero attached hydrogens (tertiary/aromatic N) is 2. The molecule has 0 radical (unpaired) electrons. The zero-order valence-electron chi connectivity index (χ0n) is 12.8. The highest BCUT2D eigenvalue weighted by Gasteiger charge is 2.28. The van der Waals surface area contributed by atoms with Crippen LogP contribution in [0.15, 0.2) is 24.3 Å². The molecule has 5 heteroatoms. The number of halogens is 1. The second-order valence-corrected chi connectivity index (χ2v) is 6.17. The van der Waals surface area contributed by atoms with Crippen LogP contribution in [-0.2, 0) is 11.3 Å². The van der Waals surface area contributed by atoms with E-state index in [1.807, 2.05) is 17.0 Å². The molecule has 0 aliphatic carbocycles. The molecule has 120 valence electrons. The summed E-state index contributed by atoms with van der Waals surface area (Å²) in [4.78, 5) is 16.1. The summed E-state index contributed by atoms with van der Waals surface area (Å²) in [6, 6.07) is 6.84. The molecule has 0 aromatic heterocycles. The Labute approximate surface area is 130 Å². The number of hydrogen-bond acceptors (Lipinski definition) is 3. The lowest BCUT2D eigenvalue weighted by Gasteiger charge is -2.27. The van der Waals surface area contributed by atoms with Crippen LogP contribution in [0.3, 0.4) is 0 Å². The molecule has 0 spiro atoms. The van der Waals surface area contributed by atoms with Crippen LogP contribution in [0, 0.1) is 5.82 Å². The number of hydrogen-bond donors (Lipinski definition) is 0. The Bertz CT molecular complexity index is 517. The van der Waals surface area contributed by atoms with Crippen LogP contribution in [0.25, 0.3) is 0 Å². The SMILES string of the molecule is O=C(OC1CCN(Cc2ccccc2F)C1)N1CCCCC1. The molecule has 2 fully saturated rings. The van der Waals surface area contributed by atoms with E-state index in [1.54, 1.807) is 6.07 Å². The van der Waals surface area contributed by atoms with Crippen molar-refractivity contribution in [2.45, 2.75) is 38.3 Å². The van der Waals surface area contributed by atoms with Gasteiger partial charge in [0.25, 0.3) is 0 Å². The van der Waals surface area contributed by atoms with Crippen LogP contribution in [0.4, 0.5) is 9.18 Å². The predicted molar refractivity (Wildman–Crippen MR) is 82.0 cm³/mol. The standard InChI is InChI=1S/C17H23FN2O2/c18-16-7-3-2-6-14(16)12-19-11-8-15(13-19)22-17(21)20-9-4-1-5-10-20/h2-3,6-7,15H,1,4-5,8-13H2. The summed E-state index contributed by atoms with van der Waals surface area (Å²) in [5.74, 6) is -0.170. The Morgan fingerprint density at radius 3 is 2.73 bits per heavy atom. The first kappa shape index (κ1) is 15.3. The number of likely N-dealkylation sites (tertiary alicyclic amines) is 2. The van der Waals surface area contributed by atoms with Crippen molar-refractivity contribution in [3.8, 4) is 0 Å². The van der Waals surface area contributed by atoms with Crippen molar-refractivity contribution in [1.29, 1.82) is 0 Å². The fourth-order valence-corrected chi connectivity index (χ4v) is 3.20. The van der Waals surface area contributed by atoms with Crippen LogP contribution in [0.1, 0.15) is 31.2 Å². The first-order valence-electron chi connectivity index (χ1n) is 8.14. The summed E-state index contributed by atoms with van der Waals surface area (Å²) in [5, 5.41) is 0. The number of amides is 1. The van der Waals surface area contributed by atoms with Gasteiger partial charge in [0.05, 0.1) is 0 Å². The van der Waals surface area contributed by atoms with Crippen molar-refractivity contribution in [3.05, 3.63) is 35.6 Å². The van der Waals surface area contributed by atoms with Gasteiger partial charge in [-0.05, 0) is 31.7 Å². The van der Waals surface area contributed by atoms with Crippen molar-refractivity contribution >= 4 is 6.09 Å². The molecular formula is C17H23FN2O2. The van der Waals surface area contributed by atoms with E-state index >= 15 is 0 Å². The molecule has 3 rings (SSSR count). The van der Waals surface area contributed by atoms with Crippen LogP contribution in [0.5, 0.6) is 0 Å². The second kappa shape index (κ2) is 7.09. The third-order valence-electron chi connectivity index (χ3n) is 4.46. The first-order valence-corrected chi connectivity index (χ1v) is 8.14. The van der Waals surface area contributed by atoms with Crippen LogP contribution < -0.4 is 0 Å². The fourth-order valence-electron chi connectivity index (χ4n) is 3.20. The largest absolute Gasteiger partial charge is 0.445 e. The molecule has 1 atom stereocenters. The van der Waals surface area contributed by atoms with Crippen molar-refractivity contribution in [3.63, 3.8) is 0 Å². The molecule has 2 heterocycles. The summed E-state index contributed by atoms with van der Waals surface area (Å²) >= 11 is 0. The molecule has 1 amide bonds. The maximum absolute atomic E-state index is 13.7. The van der Waals surface area contributed by atoms with Crippen LogP contribution in [-0.4, -0.2) is 48.2 Å². The van der Waals surface area contributed by atoms with E-state index in [2.05, 4.69) is 4.90 Å². The van der Waals surface area contributed by atoms with Crippen LogP contribution >= 0.6 is 0 Å². The minimum Gasteiger partial charge on any atom is -0.445 e. The number of benzene rings is 1. The predicted octanol–water partition coefficient (Wildman–Crippen LogP) is 3.02. The summed E-state index contributed by atoms with van der Waals surface area (Å²) in [6.07, 6.45) is 3.91. The third-order valence-corrected chi connectivity index (χ3v) is 4.46.